The molecule has 1 aromatic carbocycles. The number of rotatable bonds is 0. The number of hydrogen-bond acceptors (Lipinski definition) is 2. The maximum atomic E-state index is 11.1. The van der Waals surface area contributed by atoms with E-state index in [0.717, 1.165) is 18.4 Å². The van der Waals surface area contributed by atoms with Gasteiger partial charge >= 0.3 is 0 Å². The van der Waals surface area contributed by atoms with Gasteiger partial charge < -0.3 is 10.4 Å². The highest BCUT2D eigenvalue weighted by Gasteiger charge is 2.20. The lowest BCUT2D eigenvalue weighted by Crippen LogP contribution is -2.04. The normalized spacial score (nSPS) is 12.7. The number of nitrogens with one attached hydrogen (secondary N) is 1. The molecule has 1 heterocycles. The smallest absolute Gasteiger partial charge is 0.228 e. The van der Waals surface area contributed by atoms with Gasteiger partial charge in [0.2, 0.25) is 5.91 Å². The van der Waals surface area contributed by atoms with Gasteiger partial charge in [-0.15, -0.1) is 0 Å². The summed E-state index contributed by atoms with van der Waals surface area (Å²) in [7, 11) is 1.00. The molecule has 2 N–H and O–H groups in total. The standard InChI is InChI=1S/C10H11NO.CH4O/c1-6-3-4-7(2)10-8(6)5-9(12)11-10;1-2/h3-4H,5H2,1-2H3,(H,11,12);2H,1H3. The van der Waals surface area contributed by atoms with Crippen molar-refractivity contribution in [3.8, 4) is 0 Å². The molecule has 2 rings (SSSR count). The maximum Gasteiger partial charge on any atom is 0.228 e. The van der Waals surface area contributed by atoms with Crippen LogP contribution in [0.1, 0.15) is 16.7 Å². The highest BCUT2D eigenvalue weighted by atomic mass is 16.2. The molecule has 76 valence electrons. The van der Waals surface area contributed by atoms with Crippen LogP contribution in [-0.2, 0) is 11.2 Å². The molecule has 1 aliphatic rings. The lowest BCUT2D eigenvalue weighted by atomic mass is 10.0. The van der Waals surface area contributed by atoms with Crippen LogP contribution in [0.3, 0.4) is 0 Å². The van der Waals surface area contributed by atoms with E-state index in [9.17, 15) is 4.79 Å². The zero-order valence-electron chi connectivity index (χ0n) is 8.72. The summed E-state index contributed by atoms with van der Waals surface area (Å²) in [5.74, 6) is 0.113. The van der Waals surface area contributed by atoms with Crippen LogP contribution in [-0.4, -0.2) is 18.1 Å². The van der Waals surface area contributed by atoms with Crippen molar-refractivity contribution in [2.45, 2.75) is 20.3 Å². The second-order valence-electron chi connectivity index (χ2n) is 3.28. The number of aliphatic hydroxyl groups is 1. The molecule has 0 radical (unpaired) electrons. The summed E-state index contributed by atoms with van der Waals surface area (Å²) in [6, 6.07) is 4.11. The van der Waals surface area contributed by atoms with Crippen molar-refractivity contribution < 1.29 is 9.90 Å². The Labute approximate surface area is 83.8 Å². The monoisotopic (exact) mass is 193 g/mol. The first kappa shape index (κ1) is 10.7. The van der Waals surface area contributed by atoms with E-state index in [2.05, 4.69) is 11.4 Å². The molecule has 0 saturated carbocycles. The predicted octanol–water partition coefficient (Wildman–Crippen LogP) is 1.41. The first-order valence-corrected chi connectivity index (χ1v) is 4.52. The van der Waals surface area contributed by atoms with Gasteiger partial charge in [0.1, 0.15) is 0 Å². The number of fused-ring (bicyclic) bond motifs is 1. The number of amides is 1. The number of aryl methyl sites for hydroxylation is 2. The molecular weight excluding hydrogens is 178 g/mol. The van der Waals surface area contributed by atoms with E-state index in [1.54, 1.807) is 0 Å². The van der Waals surface area contributed by atoms with Gasteiger partial charge in [-0.2, -0.15) is 0 Å². The second-order valence-corrected chi connectivity index (χ2v) is 3.28. The van der Waals surface area contributed by atoms with Crippen molar-refractivity contribution in [2.24, 2.45) is 0 Å². The van der Waals surface area contributed by atoms with E-state index < -0.39 is 0 Å². The molecule has 0 unspecified atom stereocenters. The van der Waals surface area contributed by atoms with Crippen LogP contribution in [0, 0.1) is 13.8 Å². The molecule has 3 nitrogen and oxygen atoms in total. The van der Waals surface area contributed by atoms with Gasteiger partial charge in [0.05, 0.1) is 6.42 Å². The lowest BCUT2D eigenvalue weighted by Gasteiger charge is -2.04. The molecular formula is C11H15NO2. The van der Waals surface area contributed by atoms with Crippen LogP contribution in [0.4, 0.5) is 5.69 Å². The van der Waals surface area contributed by atoms with E-state index in [1.807, 2.05) is 19.9 Å². The molecule has 0 aromatic heterocycles. The zero-order valence-corrected chi connectivity index (χ0v) is 8.72. The van der Waals surface area contributed by atoms with E-state index in [-0.39, 0.29) is 5.91 Å². The Kier molecular flexibility index (Phi) is 3.25. The third-order valence-corrected chi connectivity index (χ3v) is 2.36. The Balaban J connectivity index is 0.000000461. The van der Waals surface area contributed by atoms with Crippen molar-refractivity contribution in [1.82, 2.24) is 0 Å². The minimum atomic E-state index is 0.113. The van der Waals surface area contributed by atoms with Crippen LogP contribution < -0.4 is 5.32 Å². The fraction of sp³-hybridized carbons (Fsp3) is 0.364. The molecule has 1 amide bonds. The summed E-state index contributed by atoms with van der Waals surface area (Å²) >= 11 is 0. The van der Waals surface area contributed by atoms with Gasteiger partial charge in [0.25, 0.3) is 0 Å². The van der Waals surface area contributed by atoms with Crippen LogP contribution >= 0.6 is 0 Å². The van der Waals surface area contributed by atoms with Crippen molar-refractivity contribution >= 4 is 11.6 Å². The van der Waals surface area contributed by atoms with Crippen LogP contribution in [0.5, 0.6) is 0 Å². The number of benzene rings is 1. The Morgan fingerprint density at radius 3 is 2.36 bits per heavy atom. The Morgan fingerprint density at radius 1 is 1.21 bits per heavy atom. The van der Waals surface area contributed by atoms with E-state index >= 15 is 0 Å². The molecule has 0 aliphatic carbocycles. The minimum absolute atomic E-state index is 0.113. The average Bonchev–Trinajstić information content (AvgIpc) is 2.58. The van der Waals surface area contributed by atoms with E-state index in [0.29, 0.717) is 6.42 Å². The topological polar surface area (TPSA) is 49.3 Å². The van der Waals surface area contributed by atoms with Gasteiger partial charge in [-0.3, -0.25) is 4.79 Å². The first-order valence-electron chi connectivity index (χ1n) is 4.52. The SMILES string of the molecule is CO.Cc1ccc(C)c2c1CC(=O)N2. The quantitative estimate of drug-likeness (QED) is 0.654. The average molecular weight is 193 g/mol. The molecule has 0 spiro atoms. The summed E-state index contributed by atoms with van der Waals surface area (Å²) in [5.41, 5.74) is 4.55. The zero-order chi connectivity index (χ0) is 10.7. The summed E-state index contributed by atoms with van der Waals surface area (Å²) in [6.45, 7) is 4.06. The van der Waals surface area contributed by atoms with Crippen LogP contribution in [0.15, 0.2) is 12.1 Å². The number of carbonyl (C=O) groups excluding carboxylic acids is 1. The molecule has 0 saturated heterocycles. The molecule has 1 aliphatic heterocycles. The van der Waals surface area contributed by atoms with Gasteiger partial charge in [-0.1, -0.05) is 12.1 Å². The van der Waals surface area contributed by atoms with Gasteiger partial charge in [-0.05, 0) is 30.5 Å². The fourth-order valence-corrected chi connectivity index (χ4v) is 1.62. The molecule has 3 heteroatoms. The predicted molar refractivity (Wildman–Crippen MR) is 56.4 cm³/mol. The van der Waals surface area contributed by atoms with Gasteiger partial charge in [-0.25, -0.2) is 0 Å². The van der Waals surface area contributed by atoms with Crippen LogP contribution in [0.2, 0.25) is 0 Å². The number of anilines is 1. The highest BCUT2D eigenvalue weighted by Crippen LogP contribution is 2.29. The molecule has 0 atom stereocenters. The third kappa shape index (κ3) is 1.77. The van der Waals surface area contributed by atoms with Crippen molar-refractivity contribution in [1.29, 1.82) is 0 Å². The Morgan fingerprint density at radius 2 is 1.79 bits per heavy atom. The third-order valence-electron chi connectivity index (χ3n) is 2.36. The molecule has 14 heavy (non-hydrogen) atoms. The summed E-state index contributed by atoms with van der Waals surface area (Å²) in [4.78, 5) is 11.1. The molecule has 0 bridgehead atoms. The van der Waals surface area contributed by atoms with Gasteiger partial charge in [0.15, 0.2) is 0 Å². The molecule has 1 aromatic rings. The van der Waals surface area contributed by atoms with Gasteiger partial charge in [0, 0.05) is 12.8 Å². The van der Waals surface area contributed by atoms with E-state index in [1.165, 1.54) is 11.1 Å². The number of hydrogen-bond donors (Lipinski definition) is 2. The summed E-state index contributed by atoms with van der Waals surface area (Å²) < 4.78 is 0. The second kappa shape index (κ2) is 4.24. The molecule has 0 fully saturated rings. The van der Waals surface area contributed by atoms with E-state index in [4.69, 9.17) is 5.11 Å². The minimum Gasteiger partial charge on any atom is -0.400 e. The number of aliphatic hydroxyl groups excluding tert-OH is 1. The number of carbonyl (C=O) groups is 1. The largest absolute Gasteiger partial charge is 0.400 e. The summed E-state index contributed by atoms with van der Waals surface area (Å²) in [6.07, 6.45) is 0.544. The Hall–Kier alpha value is -1.35. The first-order chi connectivity index (χ1) is 6.68. The van der Waals surface area contributed by atoms with Crippen molar-refractivity contribution in [3.63, 3.8) is 0 Å². The maximum absolute atomic E-state index is 11.1. The Bertz CT molecular complexity index is 326. The van der Waals surface area contributed by atoms with Crippen molar-refractivity contribution in [3.05, 3.63) is 28.8 Å². The fourth-order valence-electron chi connectivity index (χ4n) is 1.62. The van der Waals surface area contributed by atoms with Crippen molar-refractivity contribution in [2.75, 3.05) is 12.4 Å². The van der Waals surface area contributed by atoms with Crippen LogP contribution in [0.25, 0.3) is 0 Å². The summed E-state index contributed by atoms with van der Waals surface area (Å²) in [5, 5.41) is 9.87. The lowest BCUT2D eigenvalue weighted by molar-refractivity contribution is -0.115. The highest BCUT2D eigenvalue weighted by molar-refractivity contribution is 6.00.